The second-order valence-corrected chi connectivity index (χ2v) is 7.35. The Morgan fingerprint density at radius 2 is 1.76 bits per heavy atom. The van der Waals surface area contributed by atoms with Gasteiger partial charge in [0.15, 0.2) is 5.43 Å². The predicted molar refractivity (Wildman–Crippen MR) is 120 cm³/mol. The zero-order valence-electron chi connectivity index (χ0n) is 18.0. The van der Waals surface area contributed by atoms with Crippen LogP contribution in [0, 0.1) is 25.2 Å². The number of methoxy groups -OCH3 is 1. The normalized spacial score (nSPS) is 10.6. The van der Waals surface area contributed by atoms with Gasteiger partial charge in [-0.2, -0.15) is 5.26 Å². The number of amides is 1. The van der Waals surface area contributed by atoms with Gasteiger partial charge in [-0.1, -0.05) is 23.8 Å². The Labute approximate surface area is 188 Å². The number of nitrogens with one attached hydrogen (secondary N) is 1. The summed E-state index contributed by atoms with van der Waals surface area (Å²) in [4.78, 5) is 37.1. The molecule has 0 bridgehead atoms. The van der Waals surface area contributed by atoms with Gasteiger partial charge in [-0.15, -0.1) is 0 Å². The van der Waals surface area contributed by atoms with E-state index in [4.69, 9.17) is 8.83 Å². The molecule has 0 saturated carbocycles. The molecule has 8 nitrogen and oxygen atoms in total. The van der Waals surface area contributed by atoms with E-state index >= 15 is 0 Å². The Kier molecular flexibility index (Phi) is 5.54. The van der Waals surface area contributed by atoms with Crippen LogP contribution in [0.25, 0.3) is 22.3 Å². The predicted octanol–water partition coefficient (Wildman–Crippen LogP) is 4.58. The largest absolute Gasteiger partial charge is 0.465 e. The van der Waals surface area contributed by atoms with Crippen molar-refractivity contribution in [2.75, 3.05) is 12.4 Å². The summed E-state index contributed by atoms with van der Waals surface area (Å²) in [6, 6.07) is 15.0. The summed E-state index contributed by atoms with van der Waals surface area (Å²) in [5.74, 6) is -0.881. The maximum absolute atomic E-state index is 12.7. The molecule has 0 spiro atoms. The molecule has 0 radical (unpaired) electrons. The van der Waals surface area contributed by atoms with Crippen molar-refractivity contribution in [1.82, 2.24) is 0 Å². The van der Waals surface area contributed by atoms with Gasteiger partial charge in [-0.3, -0.25) is 14.9 Å². The highest BCUT2D eigenvalue weighted by Gasteiger charge is 2.25. The van der Waals surface area contributed by atoms with Gasteiger partial charge in [0.25, 0.3) is 5.91 Å². The first kappa shape index (κ1) is 21.6. The van der Waals surface area contributed by atoms with Gasteiger partial charge in [0.1, 0.15) is 34.3 Å². The molecular formula is C25H18N2O6. The molecule has 33 heavy (non-hydrogen) atoms. The quantitative estimate of drug-likeness (QED) is 0.459. The molecule has 0 aliphatic heterocycles. The van der Waals surface area contributed by atoms with E-state index in [0.29, 0.717) is 22.3 Å². The fraction of sp³-hybridized carbons (Fsp3) is 0.120. The Balaban J connectivity index is 1.61. The Bertz CT molecular complexity index is 1500. The number of ether oxygens (including phenoxy) is 1. The molecule has 8 heteroatoms. The van der Waals surface area contributed by atoms with Crippen molar-refractivity contribution in [2.45, 2.75) is 13.8 Å². The van der Waals surface area contributed by atoms with Crippen molar-refractivity contribution in [3.8, 4) is 17.4 Å². The first-order valence-electron chi connectivity index (χ1n) is 9.90. The number of carbonyl (C=O) groups is 2. The van der Waals surface area contributed by atoms with Crippen LogP contribution in [0.4, 0.5) is 5.88 Å². The van der Waals surface area contributed by atoms with Gasteiger partial charge in [0.05, 0.1) is 12.5 Å². The van der Waals surface area contributed by atoms with Crippen LogP contribution in [0.1, 0.15) is 37.6 Å². The number of furan rings is 1. The molecule has 0 aliphatic carbocycles. The summed E-state index contributed by atoms with van der Waals surface area (Å²) < 4.78 is 15.9. The highest BCUT2D eigenvalue weighted by atomic mass is 16.5. The molecule has 0 unspecified atom stereocenters. The number of anilines is 1. The van der Waals surface area contributed by atoms with Crippen molar-refractivity contribution in [3.63, 3.8) is 0 Å². The van der Waals surface area contributed by atoms with E-state index in [0.717, 1.165) is 5.56 Å². The second kappa shape index (κ2) is 8.48. The lowest BCUT2D eigenvalue weighted by Gasteiger charge is -2.06. The van der Waals surface area contributed by atoms with Crippen LogP contribution in [-0.2, 0) is 4.74 Å². The van der Waals surface area contributed by atoms with Crippen LogP contribution >= 0.6 is 0 Å². The lowest BCUT2D eigenvalue weighted by molar-refractivity contribution is 0.0598. The number of nitrogens with zero attached hydrogens (tertiary/aromatic N) is 1. The van der Waals surface area contributed by atoms with Gasteiger partial charge in [0.2, 0.25) is 5.88 Å². The van der Waals surface area contributed by atoms with E-state index in [-0.39, 0.29) is 33.8 Å². The maximum atomic E-state index is 12.7. The number of fused-ring (bicyclic) bond motifs is 1. The lowest BCUT2D eigenvalue weighted by Crippen LogP contribution is -2.12. The zero-order chi connectivity index (χ0) is 23.7. The van der Waals surface area contributed by atoms with E-state index in [1.54, 1.807) is 36.4 Å². The molecule has 1 N–H and O–H groups in total. The fourth-order valence-electron chi connectivity index (χ4n) is 3.46. The SMILES string of the molecule is COC(=O)c1c(C)oc(NC(=O)c2ccc(-c3cc(=O)c4cc(C)ccc4o3)cc2)c1C#N. The van der Waals surface area contributed by atoms with Crippen molar-refractivity contribution in [1.29, 1.82) is 5.26 Å². The molecule has 2 heterocycles. The molecule has 0 atom stereocenters. The van der Waals surface area contributed by atoms with Crippen LogP contribution in [0.15, 0.2) is 62.2 Å². The summed E-state index contributed by atoms with van der Waals surface area (Å²) in [7, 11) is 1.19. The molecule has 2 aromatic carbocycles. The van der Waals surface area contributed by atoms with Gasteiger partial charge < -0.3 is 13.6 Å². The molecule has 4 rings (SSSR count). The van der Waals surface area contributed by atoms with Crippen molar-refractivity contribution in [3.05, 3.63) is 86.8 Å². The lowest BCUT2D eigenvalue weighted by atomic mass is 10.1. The Hall–Kier alpha value is -4.64. The third kappa shape index (κ3) is 4.00. The smallest absolute Gasteiger partial charge is 0.342 e. The van der Waals surface area contributed by atoms with Crippen molar-refractivity contribution < 1.29 is 23.2 Å². The Morgan fingerprint density at radius 1 is 1.03 bits per heavy atom. The molecule has 0 fully saturated rings. The molecule has 164 valence electrons. The number of esters is 1. The number of carbonyl (C=O) groups excluding carboxylic acids is 2. The van der Waals surface area contributed by atoms with Gasteiger partial charge in [-0.05, 0) is 38.1 Å². The zero-order valence-corrected chi connectivity index (χ0v) is 18.0. The van der Waals surface area contributed by atoms with Gasteiger partial charge in [-0.25, -0.2) is 4.79 Å². The minimum Gasteiger partial charge on any atom is -0.465 e. The van der Waals surface area contributed by atoms with Crippen LogP contribution in [0.3, 0.4) is 0 Å². The summed E-state index contributed by atoms with van der Waals surface area (Å²) in [6.45, 7) is 3.40. The van der Waals surface area contributed by atoms with Gasteiger partial charge in [0, 0.05) is 17.2 Å². The third-order valence-electron chi connectivity index (χ3n) is 5.13. The number of benzene rings is 2. The number of nitriles is 1. The number of hydrogen-bond acceptors (Lipinski definition) is 7. The summed E-state index contributed by atoms with van der Waals surface area (Å²) >= 11 is 0. The second-order valence-electron chi connectivity index (χ2n) is 7.35. The number of hydrogen-bond donors (Lipinski definition) is 1. The molecular weight excluding hydrogens is 424 g/mol. The monoisotopic (exact) mass is 442 g/mol. The van der Waals surface area contributed by atoms with E-state index < -0.39 is 11.9 Å². The van der Waals surface area contributed by atoms with Crippen LogP contribution in [-0.4, -0.2) is 19.0 Å². The number of aryl methyl sites for hydroxylation is 2. The fourth-order valence-corrected chi connectivity index (χ4v) is 3.46. The molecule has 0 saturated heterocycles. The van der Waals surface area contributed by atoms with E-state index in [1.165, 1.54) is 20.1 Å². The first-order chi connectivity index (χ1) is 15.8. The van der Waals surface area contributed by atoms with Crippen LogP contribution in [0.2, 0.25) is 0 Å². The molecule has 1 amide bonds. The summed E-state index contributed by atoms with van der Waals surface area (Å²) in [6.07, 6.45) is 0. The first-order valence-corrected chi connectivity index (χ1v) is 9.90. The average Bonchev–Trinajstić information content (AvgIpc) is 3.13. The molecule has 4 aromatic rings. The minimum atomic E-state index is -0.732. The van der Waals surface area contributed by atoms with Gasteiger partial charge >= 0.3 is 5.97 Å². The summed E-state index contributed by atoms with van der Waals surface area (Å²) in [5, 5.41) is 12.4. The van der Waals surface area contributed by atoms with E-state index in [9.17, 15) is 19.6 Å². The highest BCUT2D eigenvalue weighted by molar-refractivity contribution is 6.05. The van der Waals surface area contributed by atoms with E-state index in [1.807, 2.05) is 19.1 Å². The van der Waals surface area contributed by atoms with Crippen molar-refractivity contribution >= 4 is 28.7 Å². The minimum absolute atomic E-state index is 0.0350. The maximum Gasteiger partial charge on any atom is 0.342 e. The summed E-state index contributed by atoms with van der Waals surface area (Å²) in [5.41, 5.74) is 2.02. The topological polar surface area (TPSA) is 123 Å². The number of rotatable bonds is 4. The average molecular weight is 442 g/mol. The van der Waals surface area contributed by atoms with Crippen LogP contribution < -0.4 is 10.7 Å². The van der Waals surface area contributed by atoms with Crippen LogP contribution in [0.5, 0.6) is 0 Å². The van der Waals surface area contributed by atoms with E-state index in [2.05, 4.69) is 10.1 Å². The molecule has 0 aliphatic rings. The van der Waals surface area contributed by atoms with Crippen molar-refractivity contribution in [2.24, 2.45) is 0 Å². The molecule has 2 aromatic heterocycles. The Morgan fingerprint density at radius 3 is 2.42 bits per heavy atom. The standard InChI is InChI=1S/C25H18N2O6/c1-13-4-9-20-17(10-13)19(28)11-21(33-20)15-5-7-16(8-6-15)23(29)27-24-18(12-26)22(14(2)32-24)25(30)31-3/h4-11H,1-3H3,(H,27,29). The highest BCUT2D eigenvalue weighted by Crippen LogP contribution is 2.28. The third-order valence-corrected chi connectivity index (χ3v) is 5.13.